The number of aryl methyl sites for hydroxylation is 1. The van der Waals surface area contributed by atoms with Crippen LogP contribution in [0.4, 0.5) is 17.2 Å². The number of carbonyl (C=O) groups is 1. The molecule has 13 heteroatoms. The van der Waals surface area contributed by atoms with Crippen molar-refractivity contribution in [2.75, 3.05) is 11.9 Å². The fourth-order valence-corrected chi connectivity index (χ4v) is 3.41. The lowest BCUT2D eigenvalue weighted by Gasteiger charge is -2.11. The highest BCUT2D eigenvalue weighted by Gasteiger charge is 2.22. The Bertz CT molecular complexity index is 1380. The van der Waals surface area contributed by atoms with Crippen LogP contribution >= 0.6 is 0 Å². The Morgan fingerprint density at radius 3 is 2.39 bits per heavy atom. The summed E-state index contributed by atoms with van der Waals surface area (Å²) in [6, 6.07) is 11.5. The van der Waals surface area contributed by atoms with E-state index in [-0.39, 0.29) is 24.5 Å². The minimum absolute atomic E-state index is 0.160. The predicted octanol–water partition coefficient (Wildman–Crippen LogP) is 2.59. The van der Waals surface area contributed by atoms with Gasteiger partial charge in [-0.1, -0.05) is 12.1 Å². The molecule has 0 fully saturated rings. The minimum Gasteiger partial charge on any atom is -0.395 e. The number of aliphatic hydroxyl groups is 1. The zero-order valence-corrected chi connectivity index (χ0v) is 17.2. The number of aromatic nitrogens is 4. The molecule has 0 aliphatic carbocycles. The molecule has 0 atom stereocenters. The van der Waals surface area contributed by atoms with Crippen molar-refractivity contribution in [3.8, 4) is 5.95 Å². The zero-order chi connectivity index (χ0) is 23.7. The number of carbonyl (C=O) groups excluding carboxylic acids is 1. The molecule has 168 valence electrons. The van der Waals surface area contributed by atoms with Crippen LogP contribution in [0, 0.1) is 27.2 Å². The normalized spacial score (nSPS) is 11.0. The Morgan fingerprint density at radius 2 is 1.76 bits per heavy atom. The fraction of sp³-hybridized carbons (Fsp3) is 0.150. The van der Waals surface area contributed by atoms with Gasteiger partial charge in [0.15, 0.2) is 0 Å². The summed E-state index contributed by atoms with van der Waals surface area (Å²) in [5, 5.41) is 38.8. The van der Waals surface area contributed by atoms with Crippen molar-refractivity contribution < 1.29 is 19.7 Å². The molecule has 0 saturated heterocycles. The number of imidazole rings is 1. The first-order valence-corrected chi connectivity index (χ1v) is 9.67. The van der Waals surface area contributed by atoms with E-state index in [4.69, 9.17) is 0 Å². The van der Waals surface area contributed by atoms with Crippen molar-refractivity contribution in [2.24, 2.45) is 0 Å². The third-order valence-corrected chi connectivity index (χ3v) is 4.81. The van der Waals surface area contributed by atoms with E-state index in [9.17, 15) is 30.1 Å². The van der Waals surface area contributed by atoms with Gasteiger partial charge in [0.25, 0.3) is 17.3 Å². The van der Waals surface area contributed by atoms with E-state index in [0.717, 1.165) is 23.7 Å². The Balaban J connectivity index is 1.77. The van der Waals surface area contributed by atoms with Crippen LogP contribution in [0.5, 0.6) is 0 Å². The summed E-state index contributed by atoms with van der Waals surface area (Å²) in [6.07, 6.45) is 0. The van der Waals surface area contributed by atoms with Gasteiger partial charge in [0.05, 0.1) is 44.8 Å². The maximum Gasteiger partial charge on any atom is 0.277 e. The van der Waals surface area contributed by atoms with E-state index < -0.39 is 27.1 Å². The van der Waals surface area contributed by atoms with Crippen molar-refractivity contribution in [3.63, 3.8) is 0 Å². The highest BCUT2D eigenvalue weighted by atomic mass is 16.6. The van der Waals surface area contributed by atoms with Crippen LogP contribution in [0.25, 0.3) is 17.0 Å². The van der Waals surface area contributed by atoms with Crippen molar-refractivity contribution in [1.82, 2.24) is 19.3 Å². The molecule has 0 saturated carbocycles. The average Bonchev–Trinajstić information content (AvgIpc) is 3.33. The van der Waals surface area contributed by atoms with E-state index in [1.807, 2.05) is 18.2 Å². The largest absolute Gasteiger partial charge is 0.395 e. The Morgan fingerprint density at radius 1 is 1.09 bits per heavy atom. The van der Waals surface area contributed by atoms with Crippen molar-refractivity contribution >= 4 is 34.1 Å². The lowest BCUT2D eigenvalue weighted by Crippen LogP contribution is -2.18. The number of para-hydroxylation sites is 2. The molecule has 0 spiro atoms. The molecule has 4 rings (SSSR count). The van der Waals surface area contributed by atoms with Gasteiger partial charge < -0.3 is 15.0 Å². The summed E-state index contributed by atoms with van der Waals surface area (Å²) < 4.78 is 3.10. The number of nitrogens with zero attached hydrogens (tertiary/aromatic N) is 6. The zero-order valence-electron chi connectivity index (χ0n) is 17.2. The Hall–Kier alpha value is -4.65. The van der Waals surface area contributed by atoms with Gasteiger partial charge in [-0.05, 0) is 19.1 Å². The first kappa shape index (κ1) is 21.6. The summed E-state index contributed by atoms with van der Waals surface area (Å²) >= 11 is 0. The average molecular weight is 451 g/mol. The molecular formula is C20H17N7O6. The maximum absolute atomic E-state index is 12.9. The predicted molar refractivity (Wildman–Crippen MR) is 116 cm³/mol. The number of aliphatic hydroxyl groups excluding tert-OH is 1. The minimum atomic E-state index is -0.810. The van der Waals surface area contributed by atoms with Crippen LogP contribution in [0.2, 0.25) is 0 Å². The SMILES string of the molecule is Cc1cc(NC(=O)c2cc([N+](=O)[O-])cc([N+](=O)[O-])c2)n(-c2nc3ccccc3n2CCO)n1. The molecule has 2 aromatic carbocycles. The fourth-order valence-electron chi connectivity index (χ4n) is 3.41. The first-order valence-electron chi connectivity index (χ1n) is 9.67. The molecule has 33 heavy (non-hydrogen) atoms. The molecule has 2 heterocycles. The van der Waals surface area contributed by atoms with E-state index in [2.05, 4.69) is 15.4 Å². The molecule has 0 bridgehead atoms. The Labute approximate surface area is 185 Å². The van der Waals surface area contributed by atoms with Gasteiger partial charge >= 0.3 is 0 Å². The molecule has 0 aliphatic heterocycles. The van der Waals surface area contributed by atoms with Crippen LogP contribution in [-0.4, -0.2) is 46.8 Å². The third-order valence-electron chi connectivity index (χ3n) is 4.81. The summed E-state index contributed by atoms with van der Waals surface area (Å²) in [5.41, 5.74) is 0.526. The molecule has 4 aromatic rings. The molecule has 2 N–H and O–H groups in total. The van der Waals surface area contributed by atoms with Crippen LogP contribution in [-0.2, 0) is 6.54 Å². The van der Waals surface area contributed by atoms with Crippen molar-refractivity contribution in [2.45, 2.75) is 13.5 Å². The monoisotopic (exact) mass is 451 g/mol. The summed E-state index contributed by atoms with van der Waals surface area (Å²) in [5.74, 6) is -0.271. The smallest absolute Gasteiger partial charge is 0.277 e. The first-order chi connectivity index (χ1) is 15.8. The van der Waals surface area contributed by atoms with Crippen LogP contribution < -0.4 is 5.32 Å². The van der Waals surface area contributed by atoms with E-state index in [1.54, 1.807) is 23.6 Å². The molecule has 0 unspecified atom stereocenters. The number of benzene rings is 2. The van der Waals surface area contributed by atoms with E-state index >= 15 is 0 Å². The van der Waals surface area contributed by atoms with Crippen molar-refractivity contribution in [1.29, 1.82) is 0 Å². The van der Waals surface area contributed by atoms with Crippen LogP contribution in [0.3, 0.4) is 0 Å². The number of nitro benzene ring substituents is 2. The third kappa shape index (κ3) is 4.12. The van der Waals surface area contributed by atoms with Gasteiger partial charge in [-0.2, -0.15) is 9.78 Å². The van der Waals surface area contributed by atoms with Crippen LogP contribution in [0.15, 0.2) is 48.5 Å². The number of nitro groups is 2. The second-order valence-electron chi connectivity index (χ2n) is 7.06. The van der Waals surface area contributed by atoms with Gasteiger partial charge in [0, 0.05) is 24.7 Å². The molecule has 2 aromatic heterocycles. The number of hydrogen-bond donors (Lipinski definition) is 2. The van der Waals surface area contributed by atoms with E-state index in [1.165, 1.54) is 4.68 Å². The molecule has 1 amide bonds. The number of fused-ring (bicyclic) bond motifs is 1. The summed E-state index contributed by atoms with van der Waals surface area (Å²) in [6.45, 7) is 1.76. The second kappa shape index (κ2) is 8.47. The lowest BCUT2D eigenvalue weighted by atomic mass is 10.1. The lowest BCUT2D eigenvalue weighted by molar-refractivity contribution is -0.394. The number of nitrogens with one attached hydrogen (secondary N) is 1. The van der Waals surface area contributed by atoms with Gasteiger partial charge in [-0.15, -0.1) is 0 Å². The molecular weight excluding hydrogens is 434 g/mol. The van der Waals surface area contributed by atoms with Gasteiger partial charge in [-0.25, -0.2) is 4.98 Å². The highest BCUT2D eigenvalue weighted by molar-refractivity contribution is 6.04. The second-order valence-corrected chi connectivity index (χ2v) is 7.06. The summed E-state index contributed by atoms with van der Waals surface area (Å²) in [7, 11) is 0. The van der Waals surface area contributed by atoms with Crippen LogP contribution in [0.1, 0.15) is 16.1 Å². The topological polar surface area (TPSA) is 171 Å². The van der Waals surface area contributed by atoms with E-state index in [0.29, 0.717) is 17.2 Å². The van der Waals surface area contributed by atoms with Gasteiger partial charge in [0.2, 0.25) is 5.95 Å². The van der Waals surface area contributed by atoms with Gasteiger partial charge in [0.1, 0.15) is 5.82 Å². The molecule has 13 nitrogen and oxygen atoms in total. The summed E-state index contributed by atoms with van der Waals surface area (Å²) in [4.78, 5) is 38.1. The molecule has 0 aliphatic rings. The number of amides is 1. The molecule has 0 radical (unpaired) electrons. The highest BCUT2D eigenvalue weighted by Crippen LogP contribution is 2.25. The number of hydrogen-bond acceptors (Lipinski definition) is 8. The Kier molecular flexibility index (Phi) is 5.54. The van der Waals surface area contributed by atoms with Crippen molar-refractivity contribution in [3.05, 3.63) is 80.0 Å². The quantitative estimate of drug-likeness (QED) is 0.319. The number of anilines is 1. The standard InChI is InChI=1S/C20H17N7O6/c1-12-8-18(22-19(29)13-9-14(26(30)31)11-15(10-13)27(32)33)25(23-12)20-21-16-4-2-3-5-17(16)24(20)6-7-28/h2-5,8-11,28H,6-7H2,1H3,(H,22,29). The van der Waals surface area contributed by atoms with Gasteiger partial charge in [-0.3, -0.25) is 25.0 Å². The maximum atomic E-state index is 12.9. The number of rotatable bonds is 7. The number of non-ortho nitro benzene ring substituents is 2.